The second-order valence-corrected chi connectivity index (χ2v) is 7.43. The summed E-state index contributed by atoms with van der Waals surface area (Å²) in [6.07, 6.45) is 2.43. The Kier molecular flexibility index (Phi) is 6.97. The van der Waals surface area contributed by atoms with Gasteiger partial charge in [-0.2, -0.15) is 0 Å². The van der Waals surface area contributed by atoms with Crippen molar-refractivity contribution in [1.82, 2.24) is 5.32 Å². The third-order valence-corrected chi connectivity index (χ3v) is 4.00. The van der Waals surface area contributed by atoms with Crippen LogP contribution < -0.4 is 14.8 Å². The van der Waals surface area contributed by atoms with Gasteiger partial charge in [-0.3, -0.25) is 9.52 Å². The summed E-state index contributed by atoms with van der Waals surface area (Å²) in [6, 6.07) is 12.2. The molecule has 0 bridgehead atoms. The number of benzene rings is 2. The lowest BCUT2D eigenvalue weighted by Crippen LogP contribution is -2.26. The lowest BCUT2D eigenvalue weighted by molar-refractivity contribution is 0.0953. The van der Waals surface area contributed by atoms with E-state index in [0.29, 0.717) is 31.7 Å². The van der Waals surface area contributed by atoms with E-state index < -0.39 is 10.0 Å². The molecule has 0 unspecified atom stereocenters. The minimum absolute atomic E-state index is 0.243. The fraction of sp³-hybridized carbons (Fsp3) is 0.278. The Morgan fingerprint density at radius 1 is 1.08 bits per heavy atom. The van der Waals surface area contributed by atoms with Gasteiger partial charge in [-0.25, -0.2) is 12.8 Å². The maximum absolute atomic E-state index is 12.8. The van der Waals surface area contributed by atoms with Crippen molar-refractivity contribution >= 4 is 21.6 Å². The molecule has 0 aliphatic heterocycles. The zero-order valence-electron chi connectivity index (χ0n) is 14.4. The van der Waals surface area contributed by atoms with Crippen LogP contribution in [-0.4, -0.2) is 33.7 Å². The van der Waals surface area contributed by atoms with Gasteiger partial charge in [0.05, 0.1) is 24.1 Å². The number of halogens is 1. The summed E-state index contributed by atoms with van der Waals surface area (Å²) in [4.78, 5) is 12.2. The van der Waals surface area contributed by atoms with E-state index in [-0.39, 0.29) is 23.0 Å². The number of carbonyl (C=O) groups is 1. The molecule has 0 saturated heterocycles. The van der Waals surface area contributed by atoms with Gasteiger partial charge in [0.15, 0.2) is 0 Å². The number of hydrogen-bond donors (Lipinski definition) is 2. The Balaban J connectivity index is 1.74. The highest BCUT2D eigenvalue weighted by Crippen LogP contribution is 2.16. The van der Waals surface area contributed by atoms with Crippen molar-refractivity contribution < 1.29 is 22.3 Å². The summed E-state index contributed by atoms with van der Waals surface area (Å²) >= 11 is 0. The summed E-state index contributed by atoms with van der Waals surface area (Å²) in [5.74, 6) is -0.0712. The first-order valence-corrected chi connectivity index (χ1v) is 9.98. The van der Waals surface area contributed by atoms with Crippen LogP contribution in [0.15, 0.2) is 48.5 Å². The molecule has 140 valence electrons. The number of amides is 1. The van der Waals surface area contributed by atoms with E-state index in [9.17, 15) is 17.6 Å². The van der Waals surface area contributed by atoms with E-state index >= 15 is 0 Å². The van der Waals surface area contributed by atoms with Crippen LogP contribution in [0, 0.1) is 5.82 Å². The third-order valence-electron chi connectivity index (χ3n) is 3.41. The normalized spacial score (nSPS) is 11.0. The first-order valence-electron chi connectivity index (χ1n) is 8.08. The Hall–Kier alpha value is -2.61. The van der Waals surface area contributed by atoms with E-state index in [4.69, 9.17) is 4.74 Å². The number of sulfonamides is 1. The SMILES string of the molecule is CS(=O)(=O)Nc1ccccc1C(=O)NCCCCOc1ccc(F)cc1. The van der Waals surface area contributed by atoms with Gasteiger partial charge in [0, 0.05) is 6.54 Å². The van der Waals surface area contributed by atoms with Gasteiger partial charge in [0.1, 0.15) is 11.6 Å². The van der Waals surface area contributed by atoms with E-state index in [1.165, 1.54) is 18.2 Å². The average molecular weight is 380 g/mol. The summed E-state index contributed by atoms with van der Waals surface area (Å²) in [6.45, 7) is 0.881. The average Bonchev–Trinajstić information content (AvgIpc) is 2.58. The van der Waals surface area contributed by atoms with E-state index in [0.717, 1.165) is 6.26 Å². The molecule has 1 amide bonds. The fourth-order valence-electron chi connectivity index (χ4n) is 2.21. The van der Waals surface area contributed by atoms with Gasteiger partial charge in [-0.15, -0.1) is 0 Å². The van der Waals surface area contributed by atoms with Crippen molar-refractivity contribution in [3.05, 3.63) is 59.9 Å². The second-order valence-electron chi connectivity index (χ2n) is 5.69. The van der Waals surface area contributed by atoms with Crippen LogP contribution in [0.4, 0.5) is 10.1 Å². The Morgan fingerprint density at radius 2 is 1.77 bits per heavy atom. The van der Waals surface area contributed by atoms with Crippen molar-refractivity contribution in [1.29, 1.82) is 0 Å². The quantitative estimate of drug-likeness (QED) is 0.655. The Bertz CT molecular complexity index is 839. The number of ether oxygens (including phenoxy) is 1. The van der Waals surface area contributed by atoms with Gasteiger partial charge >= 0.3 is 0 Å². The molecule has 0 saturated carbocycles. The van der Waals surface area contributed by atoms with E-state index in [1.54, 1.807) is 30.3 Å². The van der Waals surface area contributed by atoms with Crippen molar-refractivity contribution in [2.45, 2.75) is 12.8 Å². The van der Waals surface area contributed by atoms with Crippen LogP contribution in [0.3, 0.4) is 0 Å². The molecular formula is C18H21FN2O4S. The van der Waals surface area contributed by atoms with Gasteiger partial charge in [-0.1, -0.05) is 12.1 Å². The maximum Gasteiger partial charge on any atom is 0.253 e. The first-order chi connectivity index (χ1) is 12.3. The molecule has 0 spiro atoms. The summed E-state index contributed by atoms with van der Waals surface area (Å²) in [7, 11) is -3.46. The van der Waals surface area contributed by atoms with Crippen LogP contribution in [0.2, 0.25) is 0 Å². The molecule has 0 atom stereocenters. The molecular weight excluding hydrogens is 359 g/mol. The summed E-state index contributed by atoms with van der Waals surface area (Å²) < 4.78 is 43.3. The number of rotatable bonds is 9. The Morgan fingerprint density at radius 3 is 2.46 bits per heavy atom. The molecule has 2 aromatic carbocycles. The molecule has 0 fully saturated rings. The Labute approximate surface area is 152 Å². The van der Waals surface area contributed by atoms with Gasteiger partial charge < -0.3 is 10.1 Å². The predicted molar refractivity (Wildman–Crippen MR) is 98.4 cm³/mol. The molecule has 26 heavy (non-hydrogen) atoms. The lowest BCUT2D eigenvalue weighted by Gasteiger charge is -2.11. The minimum atomic E-state index is -3.46. The molecule has 0 radical (unpaired) electrons. The summed E-state index contributed by atoms with van der Waals surface area (Å²) in [5, 5.41) is 2.75. The molecule has 0 heterocycles. The zero-order chi connectivity index (χ0) is 19.0. The molecule has 8 heteroatoms. The molecule has 0 aliphatic rings. The van der Waals surface area contributed by atoms with E-state index in [1.807, 2.05) is 0 Å². The second kappa shape index (κ2) is 9.19. The largest absolute Gasteiger partial charge is 0.494 e. The highest BCUT2D eigenvalue weighted by Gasteiger charge is 2.13. The standard InChI is InChI=1S/C18H21FN2O4S/c1-26(23,24)21-17-7-3-2-6-16(17)18(22)20-12-4-5-13-25-15-10-8-14(19)9-11-15/h2-3,6-11,21H,4-5,12-13H2,1H3,(H,20,22). The van der Waals surface area contributed by atoms with Crippen molar-refractivity contribution in [3.8, 4) is 5.75 Å². The molecule has 0 aliphatic carbocycles. The third kappa shape index (κ3) is 6.72. The van der Waals surface area contributed by atoms with E-state index in [2.05, 4.69) is 10.0 Å². The monoisotopic (exact) mass is 380 g/mol. The van der Waals surface area contributed by atoms with Crippen LogP contribution in [0.5, 0.6) is 5.75 Å². The number of unbranched alkanes of at least 4 members (excludes halogenated alkanes) is 1. The van der Waals surface area contributed by atoms with Crippen LogP contribution in [-0.2, 0) is 10.0 Å². The zero-order valence-corrected chi connectivity index (χ0v) is 15.2. The first kappa shape index (κ1) is 19.7. The van der Waals surface area contributed by atoms with Gasteiger partial charge in [0.25, 0.3) is 5.91 Å². The highest BCUT2D eigenvalue weighted by molar-refractivity contribution is 7.92. The molecule has 6 nitrogen and oxygen atoms in total. The molecule has 0 aromatic heterocycles. The van der Waals surface area contributed by atoms with Gasteiger partial charge in [-0.05, 0) is 49.2 Å². The smallest absolute Gasteiger partial charge is 0.253 e. The number of anilines is 1. The number of hydrogen-bond acceptors (Lipinski definition) is 4. The number of carbonyl (C=O) groups excluding carboxylic acids is 1. The fourth-order valence-corrected chi connectivity index (χ4v) is 2.79. The molecule has 2 rings (SSSR count). The van der Waals surface area contributed by atoms with Gasteiger partial charge in [0.2, 0.25) is 10.0 Å². The van der Waals surface area contributed by atoms with Crippen LogP contribution in [0.1, 0.15) is 23.2 Å². The molecule has 2 N–H and O–H groups in total. The van der Waals surface area contributed by atoms with Crippen molar-refractivity contribution in [2.24, 2.45) is 0 Å². The van der Waals surface area contributed by atoms with Crippen LogP contribution in [0.25, 0.3) is 0 Å². The molecule has 2 aromatic rings. The summed E-state index contributed by atoms with van der Waals surface area (Å²) in [5.41, 5.74) is 0.507. The maximum atomic E-state index is 12.8. The van der Waals surface area contributed by atoms with Crippen molar-refractivity contribution in [2.75, 3.05) is 24.1 Å². The number of para-hydroxylation sites is 1. The topological polar surface area (TPSA) is 84.5 Å². The van der Waals surface area contributed by atoms with Crippen molar-refractivity contribution in [3.63, 3.8) is 0 Å². The van der Waals surface area contributed by atoms with Crippen LogP contribution >= 0.6 is 0 Å². The number of nitrogens with one attached hydrogen (secondary N) is 2. The predicted octanol–water partition coefficient (Wildman–Crippen LogP) is 2.79. The lowest BCUT2D eigenvalue weighted by atomic mass is 10.1. The highest BCUT2D eigenvalue weighted by atomic mass is 32.2. The minimum Gasteiger partial charge on any atom is -0.494 e.